The zero-order valence-corrected chi connectivity index (χ0v) is 12.5. The van der Waals surface area contributed by atoms with E-state index in [1.165, 1.54) is 6.07 Å². The third-order valence-electron chi connectivity index (χ3n) is 3.41. The van der Waals surface area contributed by atoms with Gasteiger partial charge in [0.1, 0.15) is 11.3 Å². The van der Waals surface area contributed by atoms with E-state index in [-0.39, 0.29) is 34.4 Å². The fourth-order valence-electron chi connectivity index (χ4n) is 2.34. The molecule has 0 spiro atoms. The van der Waals surface area contributed by atoms with Gasteiger partial charge in [0.25, 0.3) is 0 Å². The molecule has 22 heavy (non-hydrogen) atoms. The lowest BCUT2D eigenvalue weighted by atomic mass is 10.0. The Morgan fingerprint density at radius 2 is 1.73 bits per heavy atom. The number of halogens is 1. The van der Waals surface area contributed by atoms with Crippen LogP contribution in [0.1, 0.15) is 15.9 Å². The molecule has 4 nitrogen and oxygen atoms in total. The Morgan fingerprint density at radius 3 is 2.36 bits per heavy atom. The molecule has 0 aliphatic rings. The number of carboxylic acids is 1. The maximum atomic E-state index is 12.4. The van der Waals surface area contributed by atoms with E-state index >= 15 is 0 Å². The topological polar surface area (TPSA) is 67.5 Å². The first kappa shape index (κ1) is 15.8. The molecule has 0 bridgehead atoms. The molecular formula is C17H13ClO4. The molecule has 0 atom stereocenters. The summed E-state index contributed by atoms with van der Waals surface area (Å²) in [5.74, 6) is -0.714. The highest BCUT2D eigenvalue weighted by Gasteiger charge is 2.17. The summed E-state index contributed by atoms with van der Waals surface area (Å²) < 4.78 is 5.77. The van der Waals surface area contributed by atoms with Gasteiger partial charge < -0.3 is 9.52 Å². The van der Waals surface area contributed by atoms with E-state index in [0.29, 0.717) is 11.3 Å². The van der Waals surface area contributed by atoms with Crippen molar-refractivity contribution in [2.45, 2.75) is 6.92 Å². The number of fused-ring (bicyclic) bond motifs is 1. The first-order valence-electron chi connectivity index (χ1n) is 6.44. The molecule has 1 aromatic heterocycles. The minimum absolute atomic E-state index is 0. The molecule has 0 amide bonds. The summed E-state index contributed by atoms with van der Waals surface area (Å²) in [5, 5.41) is 9.53. The zero-order chi connectivity index (χ0) is 15.0. The number of para-hydroxylation sites is 1. The Balaban J connectivity index is 0.00000176. The zero-order valence-electron chi connectivity index (χ0n) is 11.7. The van der Waals surface area contributed by atoms with Crippen LogP contribution in [0.3, 0.4) is 0 Å². The minimum Gasteiger partial charge on any atom is -0.478 e. The second kappa shape index (κ2) is 6.03. The molecule has 0 saturated carbocycles. The molecule has 0 radical (unpaired) electrons. The number of hydrogen-bond acceptors (Lipinski definition) is 3. The SMILES string of the molecule is Cc1c(-c2ccccc2)oc2c(C(=O)O)cccc2c1=O.Cl. The molecule has 1 heterocycles. The van der Waals surface area contributed by atoms with Gasteiger partial charge in [0.2, 0.25) is 0 Å². The van der Waals surface area contributed by atoms with Crippen molar-refractivity contribution in [1.29, 1.82) is 0 Å². The Bertz CT molecular complexity index is 898. The van der Waals surface area contributed by atoms with E-state index in [1.807, 2.05) is 30.3 Å². The number of rotatable bonds is 2. The summed E-state index contributed by atoms with van der Waals surface area (Å²) in [7, 11) is 0. The van der Waals surface area contributed by atoms with Gasteiger partial charge in [0.15, 0.2) is 11.0 Å². The van der Waals surface area contributed by atoms with Crippen LogP contribution in [-0.4, -0.2) is 11.1 Å². The summed E-state index contributed by atoms with van der Waals surface area (Å²) in [6.45, 7) is 1.68. The average Bonchev–Trinajstić information content (AvgIpc) is 2.51. The number of benzene rings is 2. The van der Waals surface area contributed by atoms with Crippen LogP contribution in [0.2, 0.25) is 0 Å². The van der Waals surface area contributed by atoms with Crippen LogP contribution in [0, 0.1) is 6.92 Å². The van der Waals surface area contributed by atoms with Crippen LogP contribution in [0.4, 0.5) is 0 Å². The van der Waals surface area contributed by atoms with Crippen molar-refractivity contribution in [2.24, 2.45) is 0 Å². The van der Waals surface area contributed by atoms with Crippen molar-refractivity contribution in [3.05, 3.63) is 69.9 Å². The van der Waals surface area contributed by atoms with E-state index in [0.717, 1.165) is 5.56 Å². The quantitative estimate of drug-likeness (QED) is 0.779. The summed E-state index contributed by atoms with van der Waals surface area (Å²) in [4.78, 5) is 23.7. The van der Waals surface area contributed by atoms with Crippen LogP contribution in [0.5, 0.6) is 0 Å². The largest absolute Gasteiger partial charge is 0.478 e. The molecule has 2 aromatic carbocycles. The van der Waals surface area contributed by atoms with E-state index < -0.39 is 5.97 Å². The average molecular weight is 317 g/mol. The Morgan fingerprint density at radius 1 is 1.05 bits per heavy atom. The number of carboxylic acid groups (broad SMARTS) is 1. The lowest BCUT2D eigenvalue weighted by Crippen LogP contribution is -2.09. The molecule has 5 heteroatoms. The van der Waals surface area contributed by atoms with Gasteiger partial charge >= 0.3 is 5.97 Å². The fraction of sp³-hybridized carbons (Fsp3) is 0.0588. The predicted molar refractivity (Wildman–Crippen MR) is 86.9 cm³/mol. The van der Waals surface area contributed by atoms with Crippen molar-refractivity contribution in [3.8, 4) is 11.3 Å². The van der Waals surface area contributed by atoms with Crippen molar-refractivity contribution < 1.29 is 14.3 Å². The molecule has 0 aliphatic carbocycles. The lowest BCUT2D eigenvalue weighted by molar-refractivity contribution is 0.0698. The summed E-state index contributed by atoms with van der Waals surface area (Å²) in [6.07, 6.45) is 0. The van der Waals surface area contributed by atoms with E-state index in [4.69, 9.17) is 4.42 Å². The van der Waals surface area contributed by atoms with Gasteiger partial charge in [-0.3, -0.25) is 4.79 Å². The Hall–Kier alpha value is -2.59. The third-order valence-corrected chi connectivity index (χ3v) is 3.41. The maximum Gasteiger partial charge on any atom is 0.339 e. The summed E-state index contributed by atoms with van der Waals surface area (Å²) >= 11 is 0. The van der Waals surface area contributed by atoms with E-state index in [1.54, 1.807) is 19.1 Å². The predicted octanol–water partition coefficient (Wildman–Crippen LogP) is 3.89. The third kappa shape index (κ3) is 2.49. The molecule has 0 fully saturated rings. The van der Waals surface area contributed by atoms with Gasteiger partial charge in [-0.15, -0.1) is 12.4 Å². The highest BCUT2D eigenvalue weighted by atomic mass is 35.5. The Labute approximate surface area is 132 Å². The van der Waals surface area contributed by atoms with Crippen molar-refractivity contribution >= 4 is 29.3 Å². The van der Waals surface area contributed by atoms with Crippen molar-refractivity contribution in [2.75, 3.05) is 0 Å². The highest BCUT2D eigenvalue weighted by Crippen LogP contribution is 2.27. The lowest BCUT2D eigenvalue weighted by Gasteiger charge is -2.08. The van der Waals surface area contributed by atoms with Gasteiger partial charge in [0.05, 0.1) is 5.39 Å². The number of hydrogen-bond donors (Lipinski definition) is 1. The molecular weight excluding hydrogens is 304 g/mol. The van der Waals surface area contributed by atoms with Gasteiger partial charge in [0, 0.05) is 11.1 Å². The molecule has 0 saturated heterocycles. The molecule has 3 rings (SSSR count). The summed E-state index contributed by atoms with van der Waals surface area (Å²) in [5.41, 5.74) is 1.10. The van der Waals surface area contributed by atoms with Crippen LogP contribution >= 0.6 is 12.4 Å². The smallest absolute Gasteiger partial charge is 0.339 e. The second-order valence-electron chi connectivity index (χ2n) is 4.74. The van der Waals surface area contributed by atoms with E-state index in [9.17, 15) is 14.7 Å². The molecule has 112 valence electrons. The molecule has 0 unspecified atom stereocenters. The van der Waals surface area contributed by atoms with Crippen LogP contribution in [0.25, 0.3) is 22.3 Å². The number of carbonyl (C=O) groups is 1. The fourth-order valence-corrected chi connectivity index (χ4v) is 2.34. The van der Waals surface area contributed by atoms with Gasteiger partial charge in [-0.25, -0.2) is 4.79 Å². The van der Waals surface area contributed by atoms with Crippen LogP contribution < -0.4 is 5.43 Å². The van der Waals surface area contributed by atoms with E-state index in [2.05, 4.69) is 0 Å². The van der Waals surface area contributed by atoms with Crippen molar-refractivity contribution in [3.63, 3.8) is 0 Å². The monoisotopic (exact) mass is 316 g/mol. The minimum atomic E-state index is -1.12. The molecule has 1 N–H and O–H groups in total. The molecule has 3 aromatic rings. The Kier molecular flexibility index (Phi) is 4.33. The standard InChI is InChI=1S/C17H12O4.ClH/c1-10-14(18)12-8-5-9-13(17(19)20)16(12)21-15(10)11-6-3-2-4-7-11;/h2-9H,1H3,(H,19,20);1H. The van der Waals surface area contributed by atoms with Gasteiger partial charge in [-0.2, -0.15) is 0 Å². The van der Waals surface area contributed by atoms with Crippen molar-refractivity contribution in [1.82, 2.24) is 0 Å². The number of aromatic carboxylic acids is 1. The first-order chi connectivity index (χ1) is 10.1. The normalized spacial score (nSPS) is 10.2. The maximum absolute atomic E-state index is 12.4. The van der Waals surface area contributed by atoms with Gasteiger partial charge in [-0.05, 0) is 19.1 Å². The first-order valence-corrected chi connectivity index (χ1v) is 6.44. The molecule has 0 aliphatic heterocycles. The summed E-state index contributed by atoms with van der Waals surface area (Å²) in [6, 6.07) is 13.7. The second-order valence-corrected chi connectivity index (χ2v) is 4.74. The van der Waals surface area contributed by atoms with Crippen LogP contribution in [-0.2, 0) is 0 Å². The van der Waals surface area contributed by atoms with Gasteiger partial charge in [-0.1, -0.05) is 36.4 Å². The van der Waals surface area contributed by atoms with Crippen LogP contribution in [0.15, 0.2) is 57.7 Å². The highest BCUT2D eigenvalue weighted by molar-refractivity contribution is 6.01.